The minimum absolute atomic E-state index is 0.308. The van der Waals surface area contributed by atoms with Crippen LogP contribution in [0.4, 0.5) is 4.79 Å². The SMILES string of the molecule is [C-]#[N+]CCCCN(OCc1ccccc1)C(=O)OC(C)(C)C. The predicted octanol–water partition coefficient (Wildman–Crippen LogP) is 4.05. The van der Waals surface area contributed by atoms with E-state index in [2.05, 4.69) is 4.85 Å². The van der Waals surface area contributed by atoms with Crippen molar-refractivity contribution in [1.29, 1.82) is 0 Å². The van der Waals surface area contributed by atoms with Gasteiger partial charge in [-0.15, -0.1) is 0 Å². The van der Waals surface area contributed by atoms with Crippen molar-refractivity contribution in [1.82, 2.24) is 5.06 Å². The molecule has 1 rings (SSSR count). The number of hydrogen-bond acceptors (Lipinski definition) is 3. The molecule has 0 spiro atoms. The van der Waals surface area contributed by atoms with Crippen molar-refractivity contribution in [3.63, 3.8) is 0 Å². The number of carbonyl (C=O) groups is 1. The maximum absolute atomic E-state index is 12.2. The van der Waals surface area contributed by atoms with Crippen LogP contribution in [0.25, 0.3) is 4.85 Å². The van der Waals surface area contributed by atoms with Crippen molar-refractivity contribution in [3.8, 4) is 0 Å². The summed E-state index contributed by atoms with van der Waals surface area (Å²) in [6.07, 6.45) is 0.944. The molecule has 0 aliphatic carbocycles. The van der Waals surface area contributed by atoms with E-state index in [0.29, 0.717) is 26.1 Å². The summed E-state index contributed by atoms with van der Waals surface area (Å²) in [5.74, 6) is 0. The summed E-state index contributed by atoms with van der Waals surface area (Å²) in [7, 11) is 0. The Morgan fingerprint density at radius 3 is 2.50 bits per heavy atom. The number of unbranched alkanes of at least 4 members (excludes halogenated alkanes) is 1. The van der Waals surface area contributed by atoms with Crippen molar-refractivity contribution in [2.45, 2.75) is 45.8 Å². The second-order valence-corrected chi connectivity index (χ2v) is 5.93. The molecular weight excluding hydrogens is 280 g/mol. The summed E-state index contributed by atoms with van der Waals surface area (Å²) >= 11 is 0. The van der Waals surface area contributed by atoms with Gasteiger partial charge in [0.2, 0.25) is 6.54 Å². The molecule has 120 valence electrons. The molecule has 0 aromatic heterocycles. The highest BCUT2D eigenvalue weighted by molar-refractivity contribution is 5.66. The molecule has 1 aromatic rings. The summed E-state index contributed by atoms with van der Waals surface area (Å²) in [5, 5.41) is 1.25. The smallest absolute Gasteiger partial charge is 0.434 e. The number of carbonyl (C=O) groups excluding carboxylic acids is 1. The highest BCUT2D eigenvalue weighted by Gasteiger charge is 2.22. The van der Waals surface area contributed by atoms with Crippen LogP contribution in [0, 0.1) is 6.57 Å². The summed E-state index contributed by atoms with van der Waals surface area (Å²) in [4.78, 5) is 21.1. The minimum atomic E-state index is -0.568. The Hall–Kier alpha value is -2.06. The first kappa shape index (κ1) is 18.0. The van der Waals surface area contributed by atoms with Crippen molar-refractivity contribution >= 4 is 6.09 Å². The molecule has 5 nitrogen and oxygen atoms in total. The molecule has 1 aromatic carbocycles. The highest BCUT2D eigenvalue weighted by Crippen LogP contribution is 2.12. The van der Waals surface area contributed by atoms with E-state index in [9.17, 15) is 4.79 Å². The fourth-order valence-corrected chi connectivity index (χ4v) is 1.69. The fraction of sp³-hybridized carbons (Fsp3) is 0.529. The summed E-state index contributed by atoms with van der Waals surface area (Å²) in [5.41, 5.74) is 0.416. The van der Waals surface area contributed by atoms with Crippen LogP contribution in [0.1, 0.15) is 39.2 Å². The van der Waals surface area contributed by atoms with Gasteiger partial charge in [-0.3, -0.25) is 4.84 Å². The number of amides is 1. The van der Waals surface area contributed by atoms with Gasteiger partial charge < -0.3 is 9.58 Å². The molecule has 0 atom stereocenters. The Kier molecular flexibility index (Phi) is 7.41. The highest BCUT2D eigenvalue weighted by atomic mass is 16.7. The number of hydrogen-bond donors (Lipinski definition) is 0. The van der Waals surface area contributed by atoms with Crippen LogP contribution in [0.2, 0.25) is 0 Å². The first-order valence-corrected chi connectivity index (χ1v) is 7.43. The van der Waals surface area contributed by atoms with E-state index in [0.717, 1.165) is 12.0 Å². The van der Waals surface area contributed by atoms with E-state index in [1.165, 1.54) is 5.06 Å². The van der Waals surface area contributed by atoms with E-state index in [1.54, 1.807) is 0 Å². The maximum atomic E-state index is 12.2. The Labute approximate surface area is 132 Å². The van der Waals surface area contributed by atoms with Gasteiger partial charge in [0.15, 0.2) is 0 Å². The van der Waals surface area contributed by atoms with Crippen molar-refractivity contribution < 1.29 is 14.4 Å². The topological polar surface area (TPSA) is 43.1 Å². The second kappa shape index (κ2) is 9.06. The van der Waals surface area contributed by atoms with Crippen LogP contribution >= 0.6 is 0 Å². The van der Waals surface area contributed by atoms with Crippen LogP contribution < -0.4 is 0 Å². The van der Waals surface area contributed by atoms with Crippen LogP contribution in [-0.4, -0.2) is 29.8 Å². The van der Waals surface area contributed by atoms with Gasteiger partial charge in [-0.2, -0.15) is 5.06 Å². The number of ether oxygens (including phenoxy) is 1. The van der Waals surface area contributed by atoms with Gasteiger partial charge in [-0.25, -0.2) is 11.4 Å². The van der Waals surface area contributed by atoms with Gasteiger partial charge in [-0.05, 0) is 32.8 Å². The third-order valence-electron chi connectivity index (χ3n) is 2.71. The molecule has 0 unspecified atom stereocenters. The molecule has 0 saturated carbocycles. The molecule has 22 heavy (non-hydrogen) atoms. The zero-order chi connectivity index (χ0) is 16.4. The fourth-order valence-electron chi connectivity index (χ4n) is 1.69. The Balaban J connectivity index is 2.56. The molecule has 0 radical (unpaired) electrons. The molecule has 0 heterocycles. The average Bonchev–Trinajstić information content (AvgIpc) is 2.45. The van der Waals surface area contributed by atoms with Gasteiger partial charge >= 0.3 is 6.09 Å². The van der Waals surface area contributed by atoms with Gasteiger partial charge in [-0.1, -0.05) is 30.3 Å². The standard InChI is InChI=1S/C17H24N2O3/c1-17(2,3)22-16(20)19(13-9-8-12-18-4)21-14-15-10-6-5-7-11-15/h5-7,10-11H,8-9,12-14H2,1-3H3. The quantitative estimate of drug-likeness (QED) is 0.433. The molecule has 0 N–H and O–H groups in total. The Bertz CT molecular complexity index is 489. The first-order valence-electron chi connectivity index (χ1n) is 7.43. The second-order valence-electron chi connectivity index (χ2n) is 5.93. The van der Waals surface area contributed by atoms with Crippen LogP contribution in [0.3, 0.4) is 0 Å². The number of hydroxylamine groups is 2. The lowest BCUT2D eigenvalue weighted by Crippen LogP contribution is -2.37. The third-order valence-corrected chi connectivity index (χ3v) is 2.71. The van der Waals surface area contributed by atoms with E-state index < -0.39 is 11.7 Å². The lowest BCUT2D eigenvalue weighted by Gasteiger charge is -2.26. The number of rotatable bonds is 7. The molecular formula is C17H24N2O3. The van der Waals surface area contributed by atoms with E-state index >= 15 is 0 Å². The minimum Gasteiger partial charge on any atom is -0.442 e. The van der Waals surface area contributed by atoms with Crippen LogP contribution in [0.15, 0.2) is 30.3 Å². The van der Waals surface area contributed by atoms with Gasteiger partial charge in [0.25, 0.3) is 0 Å². The zero-order valence-electron chi connectivity index (χ0n) is 13.5. The molecule has 0 fully saturated rings. The van der Waals surface area contributed by atoms with E-state index in [1.807, 2.05) is 51.1 Å². The third kappa shape index (κ3) is 7.65. The molecule has 0 aliphatic heterocycles. The van der Waals surface area contributed by atoms with Crippen molar-refractivity contribution in [2.75, 3.05) is 13.1 Å². The summed E-state index contributed by atoms with van der Waals surface area (Å²) < 4.78 is 5.35. The Morgan fingerprint density at radius 1 is 1.23 bits per heavy atom. The molecule has 5 heteroatoms. The zero-order valence-corrected chi connectivity index (χ0v) is 13.5. The molecule has 0 saturated heterocycles. The van der Waals surface area contributed by atoms with Gasteiger partial charge in [0, 0.05) is 6.42 Å². The van der Waals surface area contributed by atoms with Crippen LogP contribution in [0.5, 0.6) is 0 Å². The average molecular weight is 304 g/mol. The number of nitrogens with zero attached hydrogens (tertiary/aromatic N) is 2. The monoisotopic (exact) mass is 304 g/mol. The normalized spacial score (nSPS) is 10.8. The Morgan fingerprint density at radius 2 is 1.91 bits per heavy atom. The number of benzene rings is 1. The lowest BCUT2D eigenvalue weighted by molar-refractivity contribution is -0.156. The van der Waals surface area contributed by atoms with Gasteiger partial charge in [0.1, 0.15) is 12.2 Å². The first-order chi connectivity index (χ1) is 10.4. The van der Waals surface area contributed by atoms with Crippen LogP contribution in [-0.2, 0) is 16.2 Å². The lowest BCUT2D eigenvalue weighted by atomic mass is 10.2. The maximum Gasteiger partial charge on any atom is 0.434 e. The van der Waals surface area contributed by atoms with Gasteiger partial charge in [0.05, 0.1) is 6.54 Å². The summed E-state index contributed by atoms with van der Waals surface area (Å²) in [6.45, 7) is 13.4. The van der Waals surface area contributed by atoms with E-state index in [4.69, 9.17) is 16.1 Å². The predicted molar refractivity (Wildman–Crippen MR) is 84.9 cm³/mol. The van der Waals surface area contributed by atoms with E-state index in [-0.39, 0.29) is 0 Å². The molecule has 0 bridgehead atoms. The summed E-state index contributed by atoms with van der Waals surface area (Å²) in [6, 6.07) is 9.65. The largest absolute Gasteiger partial charge is 0.442 e. The van der Waals surface area contributed by atoms with Crippen molar-refractivity contribution in [2.24, 2.45) is 0 Å². The molecule has 1 amide bonds. The molecule has 0 aliphatic rings. The van der Waals surface area contributed by atoms with Crippen molar-refractivity contribution in [3.05, 3.63) is 47.3 Å².